The standard InChI is InChI=1S/C56H106/c1-4-7-9-11-13-15-17-19-21-23-25-27-29-31-33-35-37-39-41-43-45-47-50-54-52-49-53-55(56(54)6-3)51-48-46-44-42-40-38-36-34-32-30-28-26-24-22-20-18-16-14-12-10-8-5-2/h49,52-53H,4-48,50-51H2,1-3H3. The predicted octanol–water partition coefficient (Wildman–Crippen LogP) is 20.5. The molecule has 330 valence electrons. The van der Waals surface area contributed by atoms with Gasteiger partial charge in [-0.1, -0.05) is 309 Å². The van der Waals surface area contributed by atoms with Crippen LogP contribution in [0.25, 0.3) is 0 Å². The van der Waals surface area contributed by atoms with E-state index < -0.39 is 0 Å². The molecule has 1 aromatic rings. The van der Waals surface area contributed by atoms with E-state index in [1.54, 1.807) is 16.7 Å². The van der Waals surface area contributed by atoms with E-state index in [0.717, 1.165) is 0 Å². The molecule has 0 atom stereocenters. The van der Waals surface area contributed by atoms with Crippen molar-refractivity contribution in [2.45, 2.75) is 323 Å². The van der Waals surface area contributed by atoms with Gasteiger partial charge in [-0.25, -0.2) is 0 Å². The summed E-state index contributed by atoms with van der Waals surface area (Å²) in [6, 6.07) is 7.25. The van der Waals surface area contributed by atoms with Crippen molar-refractivity contribution in [1.82, 2.24) is 0 Å². The fourth-order valence-electron chi connectivity index (χ4n) is 9.46. The molecule has 1 rings (SSSR count). The van der Waals surface area contributed by atoms with Gasteiger partial charge in [0.25, 0.3) is 0 Å². The van der Waals surface area contributed by atoms with Gasteiger partial charge in [0.2, 0.25) is 0 Å². The summed E-state index contributed by atoms with van der Waals surface area (Å²) in [5.41, 5.74) is 5.02. The molecule has 0 aliphatic carbocycles. The Morgan fingerprint density at radius 3 is 0.589 bits per heavy atom. The molecule has 0 saturated carbocycles. The van der Waals surface area contributed by atoms with Crippen LogP contribution in [0.15, 0.2) is 18.2 Å². The molecule has 0 saturated heterocycles. The van der Waals surface area contributed by atoms with Gasteiger partial charge < -0.3 is 0 Å². The third kappa shape index (κ3) is 36.3. The molecule has 0 heterocycles. The van der Waals surface area contributed by atoms with E-state index in [0.29, 0.717) is 0 Å². The molecule has 0 heteroatoms. The lowest BCUT2D eigenvalue weighted by atomic mass is 9.92. The van der Waals surface area contributed by atoms with Crippen molar-refractivity contribution in [1.29, 1.82) is 0 Å². The summed E-state index contributed by atoms with van der Waals surface area (Å²) in [5.74, 6) is 0. The largest absolute Gasteiger partial charge is 0.0654 e. The second-order valence-corrected chi connectivity index (χ2v) is 18.8. The molecule has 0 spiro atoms. The van der Waals surface area contributed by atoms with Gasteiger partial charge in [-0.15, -0.1) is 0 Å². The van der Waals surface area contributed by atoms with Gasteiger partial charge in [0, 0.05) is 0 Å². The number of unbranched alkanes of at least 4 members (excludes halogenated alkanes) is 42. The highest BCUT2D eigenvalue weighted by Gasteiger charge is 2.07. The Kier molecular flexibility index (Phi) is 43.1. The van der Waals surface area contributed by atoms with Gasteiger partial charge in [0.05, 0.1) is 0 Å². The first kappa shape index (κ1) is 53.2. The number of aryl methyl sites for hydroxylation is 2. The molecule has 0 aliphatic heterocycles. The second kappa shape index (κ2) is 45.3. The zero-order chi connectivity index (χ0) is 40.1. The van der Waals surface area contributed by atoms with Crippen LogP contribution in [0.4, 0.5) is 0 Å². The molecule has 0 amide bonds. The average Bonchev–Trinajstić information content (AvgIpc) is 3.21. The minimum Gasteiger partial charge on any atom is -0.0654 e. The molecule has 1 aromatic carbocycles. The molecule has 0 N–H and O–H groups in total. The van der Waals surface area contributed by atoms with E-state index in [4.69, 9.17) is 0 Å². The van der Waals surface area contributed by atoms with Crippen LogP contribution in [-0.4, -0.2) is 0 Å². The van der Waals surface area contributed by atoms with Crippen LogP contribution >= 0.6 is 0 Å². The summed E-state index contributed by atoms with van der Waals surface area (Å²) >= 11 is 0. The molecule has 0 nitrogen and oxygen atoms in total. The van der Waals surface area contributed by atoms with Crippen molar-refractivity contribution in [3.63, 3.8) is 0 Å². The highest BCUT2D eigenvalue weighted by atomic mass is 14.1. The lowest BCUT2D eigenvalue weighted by Gasteiger charge is -2.14. The zero-order valence-electron chi connectivity index (χ0n) is 39.5. The van der Waals surface area contributed by atoms with Crippen LogP contribution in [0.1, 0.15) is 320 Å². The average molecular weight is 779 g/mol. The Balaban J connectivity index is 1.88. The summed E-state index contributed by atoms with van der Waals surface area (Å²) in [4.78, 5) is 0. The SMILES string of the molecule is CCCCCCCCCCCCCCCCCCCCCCCCc1cccc(CCCCCCCCCCCCCCCCCCCCCCCC)c1CC. The molecule has 0 unspecified atom stereocenters. The lowest BCUT2D eigenvalue weighted by molar-refractivity contribution is 0.519. The Hall–Kier alpha value is -0.780. The van der Waals surface area contributed by atoms with Gasteiger partial charge in [0.15, 0.2) is 0 Å². The minimum atomic E-state index is 1.21. The van der Waals surface area contributed by atoms with Crippen molar-refractivity contribution in [2.24, 2.45) is 0 Å². The molecule has 0 bridgehead atoms. The molecular formula is C56H106. The number of benzene rings is 1. The van der Waals surface area contributed by atoms with E-state index in [1.165, 1.54) is 302 Å². The molecule has 56 heavy (non-hydrogen) atoms. The number of hydrogen-bond acceptors (Lipinski definition) is 0. The van der Waals surface area contributed by atoms with Crippen LogP contribution < -0.4 is 0 Å². The Bertz CT molecular complexity index is 801. The molecule has 0 fully saturated rings. The quantitative estimate of drug-likeness (QED) is 0.0578. The summed E-state index contributed by atoms with van der Waals surface area (Å²) in [6.07, 6.45) is 68.2. The van der Waals surface area contributed by atoms with E-state index in [2.05, 4.69) is 39.0 Å². The van der Waals surface area contributed by atoms with Crippen LogP contribution in [0.3, 0.4) is 0 Å². The van der Waals surface area contributed by atoms with Gasteiger partial charge in [-0.3, -0.25) is 0 Å². The van der Waals surface area contributed by atoms with Crippen molar-refractivity contribution in [2.75, 3.05) is 0 Å². The highest BCUT2D eigenvalue weighted by Crippen LogP contribution is 2.22. The van der Waals surface area contributed by atoms with E-state index in [1.807, 2.05) is 0 Å². The third-order valence-corrected chi connectivity index (χ3v) is 13.3. The first-order valence-corrected chi connectivity index (χ1v) is 26.9. The van der Waals surface area contributed by atoms with E-state index in [9.17, 15) is 0 Å². The van der Waals surface area contributed by atoms with E-state index >= 15 is 0 Å². The maximum Gasteiger partial charge on any atom is -0.0276 e. The molecular weight excluding hydrogens is 673 g/mol. The van der Waals surface area contributed by atoms with Crippen molar-refractivity contribution in [3.8, 4) is 0 Å². The molecule has 0 aliphatic rings. The smallest absolute Gasteiger partial charge is 0.0276 e. The maximum atomic E-state index is 2.44. The zero-order valence-corrected chi connectivity index (χ0v) is 39.5. The Morgan fingerprint density at radius 2 is 0.411 bits per heavy atom. The van der Waals surface area contributed by atoms with Crippen molar-refractivity contribution in [3.05, 3.63) is 34.9 Å². The normalized spacial score (nSPS) is 11.6. The lowest BCUT2D eigenvalue weighted by Crippen LogP contribution is -2.00. The Labute approximate surface area is 356 Å². The van der Waals surface area contributed by atoms with Gasteiger partial charge in [-0.2, -0.15) is 0 Å². The first-order chi connectivity index (χ1) is 27.8. The van der Waals surface area contributed by atoms with E-state index in [-0.39, 0.29) is 0 Å². The van der Waals surface area contributed by atoms with Crippen LogP contribution in [0.5, 0.6) is 0 Å². The highest BCUT2D eigenvalue weighted by molar-refractivity contribution is 5.35. The second-order valence-electron chi connectivity index (χ2n) is 18.8. The fraction of sp³-hybridized carbons (Fsp3) is 0.893. The van der Waals surface area contributed by atoms with Gasteiger partial charge >= 0.3 is 0 Å². The minimum absolute atomic E-state index is 1.21. The maximum absolute atomic E-state index is 2.44. The van der Waals surface area contributed by atoms with Gasteiger partial charge in [0.1, 0.15) is 0 Å². The van der Waals surface area contributed by atoms with Crippen LogP contribution in [0.2, 0.25) is 0 Å². The van der Waals surface area contributed by atoms with Crippen molar-refractivity contribution < 1.29 is 0 Å². The third-order valence-electron chi connectivity index (χ3n) is 13.3. The number of hydrogen-bond donors (Lipinski definition) is 0. The van der Waals surface area contributed by atoms with Crippen LogP contribution in [-0.2, 0) is 19.3 Å². The summed E-state index contributed by atoms with van der Waals surface area (Å²) in [6.45, 7) is 7.01. The van der Waals surface area contributed by atoms with Crippen LogP contribution in [0, 0.1) is 0 Å². The number of rotatable bonds is 47. The summed E-state index contributed by atoms with van der Waals surface area (Å²) in [7, 11) is 0. The monoisotopic (exact) mass is 779 g/mol. The predicted molar refractivity (Wildman–Crippen MR) is 258 cm³/mol. The summed E-state index contributed by atoms with van der Waals surface area (Å²) in [5, 5.41) is 0. The van der Waals surface area contributed by atoms with Gasteiger partial charge in [-0.05, 0) is 48.8 Å². The molecule has 0 radical (unpaired) electrons. The van der Waals surface area contributed by atoms with Crippen molar-refractivity contribution >= 4 is 0 Å². The topological polar surface area (TPSA) is 0 Å². The first-order valence-electron chi connectivity index (χ1n) is 26.9. The fourth-order valence-corrected chi connectivity index (χ4v) is 9.46. The Morgan fingerprint density at radius 1 is 0.232 bits per heavy atom. The molecule has 0 aromatic heterocycles. The summed E-state index contributed by atoms with van der Waals surface area (Å²) < 4.78 is 0.